The summed E-state index contributed by atoms with van der Waals surface area (Å²) in [7, 11) is 1.39. The molecule has 3 aromatic rings. The maximum Gasteiger partial charge on any atom is 0.266 e. The van der Waals surface area contributed by atoms with E-state index >= 15 is 0 Å². The summed E-state index contributed by atoms with van der Waals surface area (Å²) in [6.45, 7) is 0. The van der Waals surface area contributed by atoms with E-state index in [0.717, 1.165) is 0 Å². The zero-order valence-corrected chi connectivity index (χ0v) is 12.1. The molecule has 0 bridgehead atoms. The van der Waals surface area contributed by atoms with E-state index in [4.69, 9.17) is 4.74 Å². The molecule has 114 valence electrons. The summed E-state index contributed by atoms with van der Waals surface area (Å²) in [6.07, 6.45) is 1.51. The summed E-state index contributed by atoms with van der Waals surface area (Å²) in [6, 6.07) is 10.9. The number of aromatic nitrogens is 1. The lowest BCUT2D eigenvalue weighted by molar-refractivity contribution is 0.408. The molecule has 0 aliphatic rings. The van der Waals surface area contributed by atoms with Crippen LogP contribution in [0.2, 0.25) is 0 Å². The first kappa shape index (κ1) is 14.5. The van der Waals surface area contributed by atoms with Crippen molar-refractivity contribution in [3.63, 3.8) is 0 Å². The maximum atomic E-state index is 12.7. The van der Waals surface area contributed by atoms with E-state index in [0.29, 0.717) is 11.1 Å². The Labute approximate surface area is 131 Å². The Kier molecular flexibility index (Phi) is 3.39. The van der Waals surface area contributed by atoms with Gasteiger partial charge in [-0.1, -0.05) is 0 Å². The van der Waals surface area contributed by atoms with Gasteiger partial charge in [0.15, 0.2) is 0 Å². The van der Waals surface area contributed by atoms with Crippen molar-refractivity contribution in [1.29, 1.82) is 5.26 Å². The number of rotatable bonds is 2. The van der Waals surface area contributed by atoms with Crippen LogP contribution in [-0.4, -0.2) is 21.9 Å². The number of nitriles is 1. The van der Waals surface area contributed by atoms with Gasteiger partial charge >= 0.3 is 0 Å². The summed E-state index contributed by atoms with van der Waals surface area (Å²) in [5.41, 5.74) is 0.253. The molecule has 1 aromatic heterocycles. The fourth-order valence-electron chi connectivity index (χ4n) is 2.49. The van der Waals surface area contributed by atoms with Gasteiger partial charge in [0.25, 0.3) is 5.56 Å². The summed E-state index contributed by atoms with van der Waals surface area (Å²) < 4.78 is 6.40. The molecule has 3 rings (SSSR count). The van der Waals surface area contributed by atoms with Gasteiger partial charge in [-0.2, -0.15) is 5.26 Å². The van der Waals surface area contributed by atoms with Gasteiger partial charge in [-0.3, -0.25) is 9.36 Å². The SMILES string of the molecule is COc1cc(O)c2c(=O)n(-c3ccc(O)cc3)ccc2c1C#N. The Morgan fingerprint density at radius 2 is 1.87 bits per heavy atom. The van der Waals surface area contributed by atoms with Crippen molar-refractivity contribution in [1.82, 2.24) is 4.57 Å². The van der Waals surface area contributed by atoms with E-state index in [1.807, 2.05) is 6.07 Å². The average Bonchev–Trinajstić information content (AvgIpc) is 2.55. The quantitative estimate of drug-likeness (QED) is 0.757. The fourth-order valence-corrected chi connectivity index (χ4v) is 2.49. The van der Waals surface area contributed by atoms with Crippen molar-refractivity contribution in [3.8, 4) is 29.0 Å². The third kappa shape index (κ3) is 2.24. The summed E-state index contributed by atoms with van der Waals surface area (Å²) >= 11 is 0. The summed E-state index contributed by atoms with van der Waals surface area (Å²) in [5.74, 6) is 0.0372. The lowest BCUT2D eigenvalue weighted by Gasteiger charge is -2.11. The Morgan fingerprint density at radius 3 is 2.48 bits per heavy atom. The largest absolute Gasteiger partial charge is 0.508 e. The zero-order chi connectivity index (χ0) is 16.6. The maximum absolute atomic E-state index is 12.7. The number of benzene rings is 2. The molecule has 0 atom stereocenters. The highest BCUT2D eigenvalue weighted by molar-refractivity contribution is 5.94. The number of phenols is 2. The molecule has 0 fully saturated rings. The Hall–Kier alpha value is -3.46. The molecular formula is C17H12N2O4. The molecule has 0 radical (unpaired) electrons. The van der Waals surface area contributed by atoms with Crippen LogP contribution in [0.1, 0.15) is 5.56 Å². The Balaban J connectivity index is 2.37. The topological polar surface area (TPSA) is 95.5 Å². The molecule has 0 aliphatic heterocycles. The molecule has 0 amide bonds. The van der Waals surface area contributed by atoms with E-state index in [2.05, 4.69) is 0 Å². The first-order valence-electron chi connectivity index (χ1n) is 6.71. The second kappa shape index (κ2) is 5.39. The normalized spacial score (nSPS) is 10.4. The number of nitrogens with zero attached hydrogens (tertiary/aromatic N) is 2. The molecule has 2 N–H and O–H groups in total. The molecule has 23 heavy (non-hydrogen) atoms. The smallest absolute Gasteiger partial charge is 0.266 e. The molecule has 0 saturated carbocycles. The number of hydrogen-bond acceptors (Lipinski definition) is 5. The monoisotopic (exact) mass is 308 g/mol. The van der Waals surface area contributed by atoms with Crippen molar-refractivity contribution < 1.29 is 14.9 Å². The number of aromatic hydroxyl groups is 2. The van der Waals surface area contributed by atoms with Crippen LogP contribution in [-0.2, 0) is 0 Å². The van der Waals surface area contributed by atoms with E-state index < -0.39 is 5.56 Å². The van der Waals surface area contributed by atoms with Gasteiger partial charge in [0, 0.05) is 23.3 Å². The first-order chi connectivity index (χ1) is 11.1. The Bertz CT molecular complexity index is 998. The highest BCUT2D eigenvalue weighted by Gasteiger charge is 2.16. The molecule has 0 spiro atoms. The number of phenolic OH excluding ortho intramolecular Hbond substituents is 2. The van der Waals surface area contributed by atoms with Gasteiger partial charge in [-0.25, -0.2) is 0 Å². The van der Waals surface area contributed by atoms with Gasteiger partial charge in [0.1, 0.15) is 28.9 Å². The Morgan fingerprint density at radius 1 is 1.17 bits per heavy atom. The predicted octanol–water partition coefficient (Wildman–Crippen LogP) is 2.28. The van der Waals surface area contributed by atoms with Crippen LogP contribution in [0.3, 0.4) is 0 Å². The molecule has 2 aromatic carbocycles. The number of ether oxygens (including phenoxy) is 1. The molecule has 0 saturated heterocycles. The lowest BCUT2D eigenvalue weighted by Crippen LogP contribution is -2.18. The number of pyridine rings is 1. The molecule has 0 aliphatic carbocycles. The van der Waals surface area contributed by atoms with Crippen molar-refractivity contribution in [3.05, 3.63) is 58.5 Å². The standard InChI is InChI=1S/C17H12N2O4/c1-23-15-8-14(21)16-12(13(15)9-18)6-7-19(17(16)22)10-2-4-11(20)5-3-10/h2-8,20-21H,1H3. The van der Waals surface area contributed by atoms with Crippen LogP contribution in [0, 0.1) is 11.3 Å². The van der Waals surface area contributed by atoms with Gasteiger partial charge in [-0.15, -0.1) is 0 Å². The van der Waals surface area contributed by atoms with Crippen LogP contribution in [0.4, 0.5) is 0 Å². The van der Waals surface area contributed by atoms with Crippen molar-refractivity contribution in [2.75, 3.05) is 7.11 Å². The van der Waals surface area contributed by atoms with Crippen LogP contribution >= 0.6 is 0 Å². The minimum absolute atomic E-state index is 0.0397. The van der Waals surface area contributed by atoms with E-state index in [9.17, 15) is 20.3 Å². The molecule has 6 nitrogen and oxygen atoms in total. The average molecular weight is 308 g/mol. The molecule has 6 heteroatoms. The second-order valence-corrected chi connectivity index (χ2v) is 4.88. The van der Waals surface area contributed by atoms with E-state index in [1.165, 1.54) is 36.1 Å². The summed E-state index contributed by atoms with van der Waals surface area (Å²) in [5, 5.41) is 29.2. The van der Waals surface area contributed by atoms with Crippen molar-refractivity contribution >= 4 is 10.8 Å². The third-order valence-electron chi connectivity index (χ3n) is 3.59. The second-order valence-electron chi connectivity index (χ2n) is 4.88. The highest BCUT2D eigenvalue weighted by atomic mass is 16.5. The van der Waals surface area contributed by atoms with Gasteiger partial charge in [0.2, 0.25) is 0 Å². The van der Waals surface area contributed by atoms with E-state index in [1.54, 1.807) is 18.2 Å². The van der Waals surface area contributed by atoms with Crippen LogP contribution in [0.5, 0.6) is 17.2 Å². The van der Waals surface area contributed by atoms with Crippen LogP contribution in [0.25, 0.3) is 16.5 Å². The van der Waals surface area contributed by atoms with Gasteiger partial charge in [0.05, 0.1) is 12.5 Å². The van der Waals surface area contributed by atoms with E-state index in [-0.39, 0.29) is 28.2 Å². The summed E-state index contributed by atoms with van der Waals surface area (Å²) in [4.78, 5) is 12.7. The highest BCUT2D eigenvalue weighted by Crippen LogP contribution is 2.32. The molecule has 1 heterocycles. The molecular weight excluding hydrogens is 296 g/mol. The predicted molar refractivity (Wildman–Crippen MR) is 84.1 cm³/mol. The number of methoxy groups -OCH3 is 1. The minimum atomic E-state index is -0.468. The van der Waals surface area contributed by atoms with Crippen molar-refractivity contribution in [2.45, 2.75) is 0 Å². The lowest BCUT2D eigenvalue weighted by atomic mass is 10.0. The number of fused-ring (bicyclic) bond motifs is 1. The van der Waals surface area contributed by atoms with Crippen molar-refractivity contribution in [2.24, 2.45) is 0 Å². The first-order valence-corrected chi connectivity index (χ1v) is 6.71. The van der Waals surface area contributed by atoms with Crippen LogP contribution in [0.15, 0.2) is 47.4 Å². The van der Waals surface area contributed by atoms with Gasteiger partial charge in [-0.05, 0) is 30.3 Å². The fraction of sp³-hybridized carbons (Fsp3) is 0.0588. The third-order valence-corrected chi connectivity index (χ3v) is 3.59. The zero-order valence-electron chi connectivity index (χ0n) is 12.1. The van der Waals surface area contributed by atoms with Crippen LogP contribution < -0.4 is 10.3 Å². The molecule has 0 unspecified atom stereocenters. The number of hydrogen-bond donors (Lipinski definition) is 2. The van der Waals surface area contributed by atoms with Gasteiger partial charge < -0.3 is 14.9 Å². The minimum Gasteiger partial charge on any atom is -0.508 e.